The van der Waals surface area contributed by atoms with Gasteiger partial charge < -0.3 is 14.6 Å². The number of carbonyl (C=O) groups excluding carboxylic acids is 2. The minimum absolute atomic E-state index is 0.0897. The smallest absolute Gasteiger partial charge is 0.273 e. The molecule has 1 aromatic carbocycles. The molecule has 0 spiro atoms. The number of rotatable bonds is 10. The molecule has 7 heteroatoms. The van der Waals surface area contributed by atoms with Crippen molar-refractivity contribution in [1.29, 1.82) is 0 Å². The number of nitrogens with zero attached hydrogens (tertiary/aromatic N) is 2. The number of amides is 2. The van der Waals surface area contributed by atoms with Gasteiger partial charge in [0.2, 0.25) is 5.89 Å². The molecule has 1 aromatic heterocycles. The summed E-state index contributed by atoms with van der Waals surface area (Å²) in [6.07, 6.45) is 3.12. The lowest BCUT2D eigenvalue weighted by Crippen LogP contribution is -2.32. The average molecular weight is 464 g/mol. The van der Waals surface area contributed by atoms with Crippen LogP contribution in [0.25, 0.3) is 0 Å². The van der Waals surface area contributed by atoms with E-state index in [9.17, 15) is 9.59 Å². The van der Waals surface area contributed by atoms with Gasteiger partial charge in [0.1, 0.15) is 6.26 Å². The molecule has 1 N–H and O–H groups in total. The SMILES string of the molecule is CC(C)CCNC(=O)c1coc(CN(CCC(C)C)C(=O)c2cccc(Br)c2)n1. The van der Waals surface area contributed by atoms with Crippen molar-refractivity contribution in [3.05, 3.63) is 52.1 Å². The van der Waals surface area contributed by atoms with Gasteiger partial charge in [0.25, 0.3) is 11.8 Å². The molecule has 158 valence electrons. The number of hydrogen-bond donors (Lipinski definition) is 1. The zero-order valence-electron chi connectivity index (χ0n) is 17.6. The van der Waals surface area contributed by atoms with Crippen molar-refractivity contribution in [2.45, 2.75) is 47.1 Å². The first kappa shape index (κ1) is 23.1. The molecule has 0 saturated heterocycles. The van der Waals surface area contributed by atoms with E-state index >= 15 is 0 Å². The van der Waals surface area contributed by atoms with E-state index in [0.29, 0.717) is 36.4 Å². The van der Waals surface area contributed by atoms with Gasteiger partial charge in [-0.15, -0.1) is 0 Å². The van der Waals surface area contributed by atoms with Crippen molar-refractivity contribution < 1.29 is 14.0 Å². The molecule has 29 heavy (non-hydrogen) atoms. The lowest BCUT2D eigenvalue weighted by molar-refractivity contribution is 0.0720. The number of halogens is 1. The van der Waals surface area contributed by atoms with Gasteiger partial charge in [0.05, 0.1) is 6.54 Å². The van der Waals surface area contributed by atoms with E-state index in [1.807, 2.05) is 12.1 Å². The molecule has 2 amide bonds. The minimum Gasteiger partial charge on any atom is -0.446 e. The molecule has 0 aliphatic rings. The van der Waals surface area contributed by atoms with Crippen molar-refractivity contribution >= 4 is 27.7 Å². The molecular formula is C22H30BrN3O3. The van der Waals surface area contributed by atoms with Crippen LogP contribution in [-0.4, -0.2) is 34.8 Å². The Morgan fingerprint density at radius 1 is 1.17 bits per heavy atom. The summed E-state index contributed by atoms with van der Waals surface area (Å²) >= 11 is 3.41. The molecule has 0 bridgehead atoms. The van der Waals surface area contributed by atoms with Crippen molar-refractivity contribution in [1.82, 2.24) is 15.2 Å². The zero-order valence-corrected chi connectivity index (χ0v) is 19.2. The summed E-state index contributed by atoms with van der Waals surface area (Å²) in [6, 6.07) is 7.31. The van der Waals surface area contributed by atoms with Gasteiger partial charge in [0.15, 0.2) is 5.69 Å². The van der Waals surface area contributed by atoms with Gasteiger partial charge in [-0.3, -0.25) is 9.59 Å². The van der Waals surface area contributed by atoms with E-state index in [4.69, 9.17) is 4.42 Å². The highest BCUT2D eigenvalue weighted by atomic mass is 79.9. The van der Waals surface area contributed by atoms with Gasteiger partial charge in [0, 0.05) is 23.1 Å². The maximum absolute atomic E-state index is 13.0. The zero-order chi connectivity index (χ0) is 21.4. The Morgan fingerprint density at radius 3 is 2.55 bits per heavy atom. The Hall–Kier alpha value is -2.15. The number of carbonyl (C=O) groups is 2. The Kier molecular flexibility index (Phi) is 8.89. The highest BCUT2D eigenvalue weighted by Gasteiger charge is 2.20. The first-order chi connectivity index (χ1) is 13.8. The van der Waals surface area contributed by atoms with E-state index in [2.05, 4.69) is 53.9 Å². The lowest BCUT2D eigenvalue weighted by Gasteiger charge is -2.22. The molecule has 2 rings (SSSR count). The second-order valence-electron chi connectivity index (χ2n) is 7.98. The van der Waals surface area contributed by atoms with E-state index in [-0.39, 0.29) is 24.1 Å². The van der Waals surface area contributed by atoms with Crippen LogP contribution >= 0.6 is 15.9 Å². The quantitative estimate of drug-likeness (QED) is 0.543. The van der Waals surface area contributed by atoms with E-state index in [1.54, 1.807) is 17.0 Å². The molecule has 6 nitrogen and oxygen atoms in total. The van der Waals surface area contributed by atoms with E-state index in [0.717, 1.165) is 17.3 Å². The standard InChI is InChI=1S/C22H30BrN3O3/c1-15(2)8-10-24-21(27)19-14-29-20(25-19)13-26(11-9-16(3)4)22(28)17-6-5-7-18(23)12-17/h5-7,12,14-16H,8-11,13H2,1-4H3,(H,24,27). The first-order valence-corrected chi connectivity index (χ1v) is 10.8. The lowest BCUT2D eigenvalue weighted by atomic mass is 10.1. The van der Waals surface area contributed by atoms with Crippen LogP contribution in [0, 0.1) is 11.8 Å². The second kappa shape index (κ2) is 11.1. The number of oxazole rings is 1. The highest BCUT2D eigenvalue weighted by molar-refractivity contribution is 9.10. The topological polar surface area (TPSA) is 75.4 Å². The molecule has 0 aliphatic carbocycles. The molecule has 0 fully saturated rings. The monoisotopic (exact) mass is 463 g/mol. The summed E-state index contributed by atoms with van der Waals surface area (Å²) in [7, 11) is 0. The Balaban J connectivity index is 2.08. The molecule has 2 aromatic rings. The number of aromatic nitrogens is 1. The summed E-state index contributed by atoms with van der Waals surface area (Å²) in [5.41, 5.74) is 0.837. The Labute approximate surface area is 181 Å². The largest absolute Gasteiger partial charge is 0.446 e. The van der Waals surface area contributed by atoms with Crippen LogP contribution in [0.2, 0.25) is 0 Å². The Morgan fingerprint density at radius 2 is 1.90 bits per heavy atom. The fourth-order valence-electron chi connectivity index (χ4n) is 2.69. The summed E-state index contributed by atoms with van der Waals surface area (Å²) < 4.78 is 6.34. The predicted molar refractivity (Wildman–Crippen MR) is 117 cm³/mol. The number of nitrogens with one attached hydrogen (secondary N) is 1. The third-order valence-corrected chi connectivity index (χ3v) is 4.95. The van der Waals surface area contributed by atoms with Crippen molar-refractivity contribution in [2.75, 3.05) is 13.1 Å². The van der Waals surface area contributed by atoms with Crippen LogP contribution in [0.15, 0.2) is 39.4 Å². The van der Waals surface area contributed by atoms with Crippen LogP contribution in [0.1, 0.15) is 67.3 Å². The summed E-state index contributed by atoms with van der Waals surface area (Å²) in [6.45, 7) is 9.85. The first-order valence-electron chi connectivity index (χ1n) is 10.0. The summed E-state index contributed by atoms with van der Waals surface area (Å²) in [4.78, 5) is 31.2. The summed E-state index contributed by atoms with van der Waals surface area (Å²) in [5.74, 6) is 0.980. The van der Waals surface area contributed by atoms with Crippen molar-refractivity contribution in [3.8, 4) is 0 Å². The van der Waals surface area contributed by atoms with E-state index < -0.39 is 0 Å². The molecule has 1 heterocycles. The van der Waals surface area contributed by atoms with Gasteiger partial charge in [-0.1, -0.05) is 49.7 Å². The van der Waals surface area contributed by atoms with Crippen LogP contribution in [-0.2, 0) is 6.54 Å². The van der Waals surface area contributed by atoms with Gasteiger partial charge in [-0.2, -0.15) is 0 Å². The van der Waals surface area contributed by atoms with Gasteiger partial charge in [-0.25, -0.2) is 4.98 Å². The van der Waals surface area contributed by atoms with Gasteiger partial charge >= 0.3 is 0 Å². The molecule has 0 aliphatic heterocycles. The fourth-order valence-corrected chi connectivity index (χ4v) is 3.09. The fraction of sp³-hybridized carbons (Fsp3) is 0.500. The van der Waals surface area contributed by atoms with Crippen molar-refractivity contribution in [3.63, 3.8) is 0 Å². The third kappa shape index (κ3) is 7.65. The number of benzene rings is 1. The van der Waals surface area contributed by atoms with Crippen LogP contribution in [0.4, 0.5) is 0 Å². The molecule has 0 atom stereocenters. The molecule has 0 unspecified atom stereocenters. The van der Waals surface area contributed by atoms with E-state index in [1.165, 1.54) is 6.26 Å². The normalized spacial score (nSPS) is 11.1. The predicted octanol–water partition coefficient (Wildman–Crippen LogP) is 4.90. The van der Waals surface area contributed by atoms with Crippen LogP contribution in [0.5, 0.6) is 0 Å². The summed E-state index contributed by atoms with van der Waals surface area (Å²) in [5, 5.41) is 2.84. The van der Waals surface area contributed by atoms with Crippen LogP contribution in [0.3, 0.4) is 0 Å². The molecule has 0 radical (unpaired) electrons. The maximum Gasteiger partial charge on any atom is 0.273 e. The molecule has 0 saturated carbocycles. The average Bonchev–Trinajstić information content (AvgIpc) is 3.12. The Bertz CT molecular complexity index is 817. The number of hydrogen-bond acceptors (Lipinski definition) is 4. The van der Waals surface area contributed by atoms with Gasteiger partial charge in [-0.05, 0) is 42.9 Å². The molecular weight excluding hydrogens is 434 g/mol. The minimum atomic E-state index is -0.257. The third-order valence-electron chi connectivity index (χ3n) is 4.45. The highest BCUT2D eigenvalue weighted by Crippen LogP contribution is 2.16. The maximum atomic E-state index is 13.0. The van der Waals surface area contributed by atoms with Crippen molar-refractivity contribution in [2.24, 2.45) is 11.8 Å². The second-order valence-corrected chi connectivity index (χ2v) is 8.90. The van der Waals surface area contributed by atoms with Crippen LogP contribution < -0.4 is 5.32 Å².